The van der Waals surface area contributed by atoms with Crippen LogP contribution in [0.25, 0.3) is 39.5 Å². The molecule has 0 saturated heterocycles. The van der Waals surface area contributed by atoms with Crippen LogP contribution >= 0.6 is 0 Å². The fourth-order valence-corrected chi connectivity index (χ4v) is 5.27. The second kappa shape index (κ2) is 10.1. The minimum absolute atomic E-state index is 0.669. The van der Waals surface area contributed by atoms with Crippen LogP contribution in [-0.2, 0) is 5.41 Å². The molecule has 5 aromatic rings. The second-order valence-corrected chi connectivity index (χ2v) is 10.9. The third-order valence-electron chi connectivity index (χ3n) is 7.72. The summed E-state index contributed by atoms with van der Waals surface area (Å²) in [6, 6.07) is 31.5. The van der Waals surface area contributed by atoms with Crippen molar-refractivity contribution >= 4 is 0 Å². The number of rotatable bonds is 6. The maximum Gasteiger partial charge on any atom is 0.145 e. The lowest BCUT2D eigenvalue weighted by atomic mass is 9.78. The van der Waals surface area contributed by atoms with Gasteiger partial charge in [0.15, 0.2) is 0 Å². The fraction of sp³-hybridized carbons (Fsp3) is 0.229. The predicted molar refractivity (Wildman–Crippen MR) is 158 cm³/mol. The van der Waals surface area contributed by atoms with E-state index in [9.17, 15) is 4.39 Å². The molecule has 2 nitrogen and oxygen atoms in total. The predicted octanol–water partition coefficient (Wildman–Crippen LogP) is 9.43. The van der Waals surface area contributed by atoms with Gasteiger partial charge in [-0.15, -0.1) is 0 Å². The van der Waals surface area contributed by atoms with Crippen molar-refractivity contribution in [3.8, 4) is 39.5 Å². The molecule has 3 heteroatoms. The zero-order valence-electron chi connectivity index (χ0n) is 23.1. The quantitative estimate of drug-likeness (QED) is 0.226. The first-order chi connectivity index (χ1) is 18.2. The molecule has 4 aromatic carbocycles. The third kappa shape index (κ3) is 4.69. The monoisotopic (exact) mass is 502 g/mol. The molecule has 0 radical (unpaired) electrons. The van der Waals surface area contributed by atoms with Crippen LogP contribution in [0, 0.1) is 20.8 Å². The molecule has 1 aromatic heterocycles. The van der Waals surface area contributed by atoms with Gasteiger partial charge >= 0.3 is 0 Å². The van der Waals surface area contributed by atoms with E-state index in [0.717, 1.165) is 45.0 Å². The van der Waals surface area contributed by atoms with E-state index < -0.39 is 11.6 Å². The lowest BCUT2D eigenvalue weighted by molar-refractivity contribution is 0.237. The average molecular weight is 503 g/mol. The molecule has 192 valence electrons. The molecular formula is C35H35FN2. The molecule has 1 atom stereocenters. The largest absolute Gasteiger partial charge is 0.299 e. The Hall–Kier alpha value is -3.98. The number of aromatic nitrogens is 2. The Labute approximate surface area is 225 Å². The van der Waals surface area contributed by atoms with E-state index in [0.29, 0.717) is 0 Å². The highest BCUT2D eigenvalue weighted by Gasteiger charge is 2.32. The molecule has 0 saturated carbocycles. The molecule has 0 aliphatic heterocycles. The Morgan fingerprint density at radius 3 is 2.03 bits per heavy atom. The van der Waals surface area contributed by atoms with Crippen LogP contribution < -0.4 is 0 Å². The summed E-state index contributed by atoms with van der Waals surface area (Å²) in [5, 5.41) is 0. The molecule has 0 amide bonds. The minimum atomic E-state index is -1.02. The van der Waals surface area contributed by atoms with Crippen molar-refractivity contribution in [2.24, 2.45) is 0 Å². The van der Waals surface area contributed by atoms with Crippen molar-refractivity contribution in [3.05, 3.63) is 119 Å². The summed E-state index contributed by atoms with van der Waals surface area (Å²) in [4.78, 5) is 5.21. The molecule has 0 bridgehead atoms. The Morgan fingerprint density at radius 2 is 1.37 bits per heavy atom. The number of hydrogen-bond donors (Lipinski definition) is 0. The van der Waals surface area contributed by atoms with Crippen molar-refractivity contribution in [2.45, 2.75) is 53.1 Å². The van der Waals surface area contributed by atoms with E-state index >= 15 is 0 Å². The van der Waals surface area contributed by atoms with Crippen LogP contribution in [0.4, 0.5) is 4.39 Å². The standard InChI is InChI=1S/C35H35FN2/c1-23-13-12-16-28(19-23)32-22-38(33-24(2)20-29(21-25(33)3)27-14-8-7-9-15-27)34(37-32)30-17-10-11-18-31(30)35(5,6)26(4)36/h7-22,26H,1-6H3/t26-/m1/s1. The third-order valence-corrected chi connectivity index (χ3v) is 7.72. The topological polar surface area (TPSA) is 17.8 Å². The van der Waals surface area contributed by atoms with Crippen molar-refractivity contribution in [1.82, 2.24) is 9.55 Å². The summed E-state index contributed by atoms with van der Waals surface area (Å²) in [6.45, 7) is 12.0. The van der Waals surface area contributed by atoms with Crippen molar-refractivity contribution in [1.29, 1.82) is 0 Å². The van der Waals surface area contributed by atoms with Crippen LogP contribution in [0.15, 0.2) is 97.2 Å². The van der Waals surface area contributed by atoms with Gasteiger partial charge in [0.05, 0.1) is 11.4 Å². The molecule has 1 heterocycles. The highest BCUT2D eigenvalue weighted by atomic mass is 19.1. The summed E-state index contributed by atoms with van der Waals surface area (Å²) in [5.74, 6) is 0.824. The summed E-state index contributed by atoms with van der Waals surface area (Å²) in [6.07, 6.45) is 1.11. The van der Waals surface area contributed by atoms with Crippen molar-refractivity contribution in [3.63, 3.8) is 0 Å². The van der Waals surface area contributed by atoms with Crippen LogP contribution in [-0.4, -0.2) is 15.7 Å². The van der Waals surface area contributed by atoms with Gasteiger partial charge in [-0.25, -0.2) is 9.37 Å². The zero-order valence-corrected chi connectivity index (χ0v) is 23.1. The normalized spacial score (nSPS) is 12.5. The lowest BCUT2D eigenvalue weighted by Crippen LogP contribution is -2.28. The van der Waals surface area contributed by atoms with Gasteiger partial charge < -0.3 is 0 Å². The van der Waals surface area contributed by atoms with E-state index in [1.165, 1.54) is 16.7 Å². The molecule has 0 aliphatic carbocycles. The zero-order chi connectivity index (χ0) is 27.0. The van der Waals surface area contributed by atoms with Gasteiger partial charge in [0.1, 0.15) is 12.0 Å². The van der Waals surface area contributed by atoms with Crippen LogP contribution in [0.2, 0.25) is 0 Å². The van der Waals surface area contributed by atoms with E-state index in [2.05, 4.69) is 98.3 Å². The van der Waals surface area contributed by atoms with E-state index in [1.807, 2.05) is 38.1 Å². The number of nitrogens with zero attached hydrogens (tertiary/aromatic N) is 2. The van der Waals surface area contributed by atoms with Crippen LogP contribution in [0.3, 0.4) is 0 Å². The first kappa shape index (κ1) is 25.7. The highest BCUT2D eigenvalue weighted by molar-refractivity contribution is 5.74. The Bertz CT molecular complexity index is 1570. The van der Waals surface area contributed by atoms with E-state index in [1.54, 1.807) is 6.92 Å². The lowest BCUT2D eigenvalue weighted by Gasteiger charge is -2.29. The second-order valence-electron chi connectivity index (χ2n) is 10.9. The number of halogens is 1. The Balaban J connectivity index is 1.77. The van der Waals surface area contributed by atoms with Gasteiger partial charge in [0.25, 0.3) is 0 Å². The van der Waals surface area contributed by atoms with E-state index in [4.69, 9.17) is 4.98 Å². The van der Waals surface area contributed by atoms with Crippen molar-refractivity contribution < 1.29 is 4.39 Å². The Morgan fingerprint density at radius 1 is 0.737 bits per heavy atom. The molecule has 0 N–H and O–H groups in total. The summed E-state index contributed by atoms with van der Waals surface area (Å²) in [5.41, 5.74) is 10.2. The van der Waals surface area contributed by atoms with Crippen LogP contribution in [0.5, 0.6) is 0 Å². The maximum atomic E-state index is 14.9. The van der Waals surface area contributed by atoms with Crippen LogP contribution in [0.1, 0.15) is 43.0 Å². The molecular weight excluding hydrogens is 467 g/mol. The first-order valence-corrected chi connectivity index (χ1v) is 13.2. The van der Waals surface area contributed by atoms with E-state index in [-0.39, 0.29) is 0 Å². The summed E-state index contributed by atoms with van der Waals surface area (Å²) < 4.78 is 17.1. The first-order valence-electron chi connectivity index (χ1n) is 13.2. The molecule has 0 fully saturated rings. The minimum Gasteiger partial charge on any atom is -0.299 e. The van der Waals surface area contributed by atoms with Gasteiger partial charge in [0, 0.05) is 22.7 Å². The van der Waals surface area contributed by atoms with Gasteiger partial charge in [-0.1, -0.05) is 92.2 Å². The van der Waals surface area contributed by atoms with Crippen molar-refractivity contribution in [2.75, 3.05) is 0 Å². The van der Waals surface area contributed by atoms with Gasteiger partial charge in [-0.05, 0) is 73.7 Å². The molecule has 5 rings (SSSR count). The highest BCUT2D eigenvalue weighted by Crippen LogP contribution is 2.39. The average Bonchev–Trinajstić information content (AvgIpc) is 3.33. The number of aryl methyl sites for hydroxylation is 3. The number of alkyl halides is 1. The fourth-order valence-electron chi connectivity index (χ4n) is 5.27. The summed E-state index contributed by atoms with van der Waals surface area (Å²) in [7, 11) is 0. The smallest absolute Gasteiger partial charge is 0.145 e. The molecule has 38 heavy (non-hydrogen) atoms. The maximum absolute atomic E-state index is 14.9. The van der Waals surface area contributed by atoms with Gasteiger partial charge in [0.2, 0.25) is 0 Å². The Kier molecular flexibility index (Phi) is 6.79. The van der Waals surface area contributed by atoms with Gasteiger partial charge in [-0.3, -0.25) is 4.57 Å². The summed E-state index contributed by atoms with van der Waals surface area (Å²) >= 11 is 0. The number of hydrogen-bond acceptors (Lipinski definition) is 1. The SMILES string of the molecule is Cc1cccc(-c2cn(-c3c(C)cc(-c4ccccc4)cc3C)c(-c3ccccc3C(C)(C)[C@@H](C)F)n2)c1. The molecule has 0 unspecified atom stereocenters. The molecule has 0 aliphatic rings. The molecule has 0 spiro atoms. The van der Waals surface area contributed by atoms with Gasteiger partial charge in [-0.2, -0.15) is 0 Å². The number of imidazole rings is 1. The number of benzene rings is 4.